The Labute approximate surface area is 190 Å². The van der Waals surface area contributed by atoms with Gasteiger partial charge in [-0.2, -0.15) is 13.2 Å². The van der Waals surface area contributed by atoms with Gasteiger partial charge in [0.15, 0.2) is 5.96 Å². The van der Waals surface area contributed by atoms with E-state index in [0.29, 0.717) is 25.6 Å². The first-order valence-corrected chi connectivity index (χ1v) is 9.43. The van der Waals surface area contributed by atoms with E-state index in [-0.39, 0.29) is 48.3 Å². The van der Waals surface area contributed by atoms with E-state index in [1.165, 1.54) is 26.6 Å². The number of hydrogen-bond donors (Lipinski definition) is 2. The summed E-state index contributed by atoms with van der Waals surface area (Å²) in [6.07, 6.45) is -3.03. The van der Waals surface area contributed by atoms with Crippen LogP contribution in [0.4, 0.5) is 13.2 Å². The van der Waals surface area contributed by atoms with Gasteiger partial charge in [-0.25, -0.2) is 4.98 Å². The van der Waals surface area contributed by atoms with Crippen LogP contribution in [0.1, 0.15) is 26.1 Å². The molecule has 1 aromatic heterocycles. The SMILES string of the molecule is CCNC(=NCCC(O)(c1nccn1C)C(F)(F)F)N1CC(C)C(C(=O)OC)C1.I. The lowest BCUT2D eigenvalue weighted by molar-refractivity contribution is -0.272. The summed E-state index contributed by atoms with van der Waals surface area (Å²) < 4.78 is 46.8. The average molecular weight is 547 g/mol. The zero-order valence-electron chi connectivity index (χ0n) is 17.4. The number of imidazole rings is 1. The highest BCUT2D eigenvalue weighted by atomic mass is 127. The van der Waals surface area contributed by atoms with Gasteiger partial charge in [-0.1, -0.05) is 6.92 Å². The number of guanidine groups is 1. The topological polar surface area (TPSA) is 92.0 Å². The third-order valence-corrected chi connectivity index (χ3v) is 5.15. The number of aryl methyl sites for hydroxylation is 1. The van der Waals surface area contributed by atoms with Crippen molar-refractivity contribution in [2.45, 2.75) is 32.0 Å². The molecule has 1 fully saturated rings. The lowest BCUT2D eigenvalue weighted by Gasteiger charge is -2.29. The fourth-order valence-corrected chi connectivity index (χ4v) is 3.49. The Bertz CT molecular complexity index is 743. The van der Waals surface area contributed by atoms with E-state index in [2.05, 4.69) is 15.3 Å². The minimum Gasteiger partial charge on any atom is -0.469 e. The highest BCUT2D eigenvalue weighted by molar-refractivity contribution is 14.0. The molecule has 0 bridgehead atoms. The van der Waals surface area contributed by atoms with E-state index in [1.54, 1.807) is 0 Å². The number of esters is 1. The number of alkyl halides is 3. The van der Waals surface area contributed by atoms with Crippen LogP contribution in [0.15, 0.2) is 17.4 Å². The van der Waals surface area contributed by atoms with Crippen molar-refractivity contribution in [1.29, 1.82) is 0 Å². The molecule has 0 amide bonds. The van der Waals surface area contributed by atoms with E-state index < -0.39 is 24.0 Å². The van der Waals surface area contributed by atoms with Crippen LogP contribution in [0, 0.1) is 11.8 Å². The Balaban J connectivity index is 0.00000450. The maximum Gasteiger partial charge on any atom is 0.424 e. The van der Waals surface area contributed by atoms with E-state index in [0.717, 1.165) is 4.57 Å². The predicted molar refractivity (Wildman–Crippen MR) is 115 cm³/mol. The number of aliphatic hydroxyl groups is 1. The molecule has 2 rings (SSSR count). The molecule has 1 aliphatic rings. The normalized spacial score (nSPS) is 21.7. The first kappa shape index (κ1) is 26.5. The van der Waals surface area contributed by atoms with Crippen molar-refractivity contribution in [1.82, 2.24) is 19.8 Å². The van der Waals surface area contributed by atoms with E-state index in [1.807, 2.05) is 18.7 Å². The van der Waals surface area contributed by atoms with E-state index in [9.17, 15) is 23.1 Å². The Morgan fingerprint density at radius 3 is 2.60 bits per heavy atom. The molecule has 1 saturated heterocycles. The smallest absolute Gasteiger partial charge is 0.424 e. The fraction of sp³-hybridized carbons (Fsp3) is 0.722. The van der Waals surface area contributed by atoms with Gasteiger partial charge in [-0.05, 0) is 12.8 Å². The van der Waals surface area contributed by atoms with Crippen LogP contribution in [-0.2, 0) is 22.2 Å². The third kappa shape index (κ3) is 5.56. The summed E-state index contributed by atoms with van der Waals surface area (Å²) in [5, 5.41) is 13.4. The fourth-order valence-electron chi connectivity index (χ4n) is 3.49. The standard InChI is InChI=1S/C18H28F3N5O3.HI/c1-5-22-16(26-10-12(2)13(11-26)14(27)29-4)24-7-6-17(28,18(19,20)21)15-23-8-9-25(15)3;/h8-9,12-13,28H,5-7,10-11H2,1-4H3,(H,22,24);1H. The first-order valence-electron chi connectivity index (χ1n) is 9.43. The number of ether oxygens (including phenoxy) is 1. The van der Waals surface area contributed by atoms with Crippen molar-refractivity contribution in [3.63, 3.8) is 0 Å². The molecule has 1 aromatic rings. The minimum atomic E-state index is -4.90. The Hall–Kier alpha value is -1.57. The molecule has 172 valence electrons. The second-order valence-corrected chi connectivity index (χ2v) is 7.22. The number of aliphatic imine (C=N–C) groups is 1. The van der Waals surface area contributed by atoms with Gasteiger partial charge in [-0.3, -0.25) is 9.79 Å². The molecule has 0 aromatic carbocycles. The van der Waals surface area contributed by atoms with Crippen LogP contribution in [0.3, 0.4) is 0 Å². The van der Waals surface area contributed by atoms with Crippen LogP contribution < -0.4 is 5.32 Å². The maximum absolute atomic E-state index is 13.6. The quantitative estimate of drug-likeness (QED) is 0.245. The summed E-state index contributed by atoms with van der Waals surface area (Å²) in [4.78, 5) is 21.7. The number of methoxy groups -OCH3 is 1. The minimum absolute atomic E-state index is 0. The molecule has 3 atom stereocenters. The number of carbonyl (C=O) groups excluding carboxylic acids is 1. The molecular weight excluding hydrogens is 518 g/mol. The van der Waals surface area contributed by atoms with Gasteiger partial charge < -0.3 is 24.6 Å². The molecule has 2 N–H and O–H groups in total. The van der Waals surface area contributed by atoms with Gasteiger partial charge in [0, 0.05) is 52.0 Å². The monoisotopic (exact) mass is 547 g/mol. The maximum atomic E-state index is 13.6. The zero-order chi connectivity index (χ0) is 21.8. The van der Waals surface area contributed by atoms with Crippen LogP contribution in [-0.4, -0.2) is 71.0 Å². The molecular formula is C18H29F3IN5O3. The van der Waals surface area contributed by atoms with E-state index in [4.69, 9.17) is 4.74 Å². The highest BCUT2D eigenvalue weighted by Crippen LogP contribution is 2.40. The number of carbonyl (C=O) groups is 1. The Morgan fingerprint density at radius 1 is 1.43 bits per heavy atom. The number of halogens is 4. The molecule has 0 spiro atoms. The summed E-state index contributed by atoms with van der Waals surface area (Å²) in [5.41, 5.74) is -3.11. The van der Waals surface area contributed by atoms with Gasteiger partial charge in [0.05, 0.1) is 13.0 Å². The lowest BCUT2D eigenvalue weighted by Crippen LogP contribution is -2.45. The van der Waals surface area contributed by atoms with Crippen LogP contribution in [0.25, 0.3) is 0 Å². The summed E-state index contributed by atoms with van der Waals surface area (Å²) in [7, 11) is 2.72. The number of likely N-dealkylation sites (tertiary alicyclic amines) is 1. The number of hydrogen-bond acceptors (Lipinski definition) is 5. The Morgan fingerprint density at radius 2 is 2.10 bits per heavy atom. The average Bonchev–Trinajstić information content (AvgIpc) is 3.25. The van der Waals surface area contributed by atoms with Gasteiger partial charge in [0.1, 0.15) is 5.82 Å². The molecule has 0 radical (unpaired) electrons. The number of rotatable bonds is 6. The van der Waals surface area contributed by atoms with Crippen molar-refractivity contribution < 1.29 is 27.8 Å². The third-order valence-electron chi connectivity index (χ3n) is 5.15. The molecule has 1 aliphatic heterocycles. The number of nitrogens with one attached hydrogen (secondary N) is 1. The van der Waals surface area contributed by atoms with Crippen LogP contribution >= 0.6 is 24.0 Å². The second kappa shape index (κ2) is 10.6. The molecule has 12 heteroatoms. The largest absolute Gasteiger partial charge is 0.469 e. The molecule has 8 nitrogen and oxygen atoms in total. The Kier molecular flexibility index (Phi) is 9.39. The van der Waals surface area contributed by atoms with Gasteiger partial charge >= 0.3 is 12.1 Å². The number of nitrogens with zero attached hydrogens (tertiary/aromatic N) is 4. The lowest BCUT2D eigenvalue weighted by atomic mass is 9.98. The molecule has 2 heterocycles. The highest BCUT2D eigenvalue weighted by Gasteiger charge is 2.57. The van der Waals surface area contributed by atoms with E-state index >= 15 is 0 Å². The van der Waals surface area contributed by atoms with Crippen molar-refractivity contribution in [2.75, 3.05) is 33.3 Å². The molecule has 30 heavy (non-hydrogen) atoms. The van der Waals surface area contributed by atoms with Crippen molar-refractivity contribution in [3.05, 3.63) is 18.2 Å². The van der Waals surface area contributed by atoms with Gasteiger partial charge in [0.25, 0.3) is 0 Å². The van der Waals surface area contributed by atoms with Crippen molar-refractivity contribution in [3.8, 4) is 0 Å². The van der Waals surface area contributed by atoms with Gasteiger partial charge in [0.2, 0.25) is 5.60 Å². The summed E-state index contributed by atoms with van der Waals surface area (Å²) in [6, 6.07) is 0. The number of aromatic nitrogens is 2. The summed E-state index contributed by atoms with van der Waals surface area (Å²) in [5.74, 6) is -0.715. The first-order chi connectivity index (χ1) is 13.5. The second-order valence-electron chi connectivity index (χ2n) is 7.22. The van der Waals surface area contributed by atoms with Crippen molar-refractivity contribution >= 4 is 35.9 Å². The molecule has 3 unspecified atom stereocenters. The molecule has 0 aliphatic carbocycles. The summed E-state index contributed by atoms with van der Waals surface area (Å²) in [6.45, 7) is 4.87. The van der Waals surface area contributed by atoms with Crippen LogP contribution in [0.2, 0.25) is 0 Å². The van der Waals surface area contributed by atoms with Crippen molar-refractivity contribution in [2.24, 2.45) is 23.9 Å². The zero-order valence-corrected chi connectivity index (χ0v) is 19.8. The van der Waals surface area contributed by atoms with Crippen LogP contribution in [0.5, 0.6) is 0 Å². The van der Waals surface area contributed by atoms with Gasteiger partial charge in [-0.15, -0.1) is 24.0 Å². The predicted octanol–water partition coefficient (Wildman–Crippen LogP) is 1.88. The molecule has 0 saturated carbocycles. The summed E-state index contributed by atoms with van der Waals surface area (Å²) >= 11 is 0.